The van der Waals surface area contributed by atoms with Crippen LogP contribution in [-0.2, 0) is 19.1 Å². The molecule has 6 atom stereocenters. The second-order valence-electron chi connectivity index (χ2n) is 17.3. The van der Waals surface area contributed by atoms with E-state index in [1.54, 1.807) is 0 Å². The van der Waals surface area contributed by atoms with Crippen LogP contribution in [0.5, 0.6) is 0 Å². The maximum atomic E-state index is 13.8. The van der Waals surface area contributed by atoms with Crippen LogP contribution >= 0.6 is 0 Å². The van der Waals surface area contributed by atoms with Crippen molar-refractivity contribution >= 4 is 24.0 Å². The molecule has 0 radical (unpaired) electrons. The first-order chi connectivity index (χ1) is 28.9. The van der Waals surface area contributed by atoms with Crippen LogP contribution in [0.4, 0.5) is 9.59 Å². The number of carbonyl (C=O) groups excluding carboxylic acids is 4. The van der Waals surface area contributed by atoms with Crippen molar-refractivity contribution < 1.29 is 28.7 Å². The summed E-state index contributed by atoms with van der Waals surface area (Å²) in [7, 11) is 4.82. The summed E-state index contributed by atoms with van der Waals surface area (Å²) in [6.07, 6.45) is 7.96. The van der Waals surface area contributed by atoms with Gasteiger partial charge in [0.25, 0.3) is 0 Å². The Balaban J connectivity index is 1.03. The number of fused-ring (bicyclic) bond motifs is 5. The highest BCUT2D eigenvalue weighted by atomic mass is 16.5. The van der Waals surface area contributed by atoms with E-state index < -0.39 is 24.3 Å². The number of carbonyl (C=O) groups is 4. The smallest absolute Gasteiger partial charge is 0.407 e. The molecule has 2 unspecified atom stereocenters. The van der Waals surface area contributed by atoms with Gasteiger partial charge in [0.2, 0.25) is 11.8 Å². The highest BCUT2D eigenvalue weighted by Gasteiger charge is 2.45. The van der Waals surface area contributed by atoms with Gasteiger partial charge in [0.1, 0.15) is 23.7 Å². The largest absolute Gasteiger partial charge is 0.453 e. The van der Waals surface area contributed by atoms with Gasteiger partial charge in [-0.05, 0) is 85.2 Å². The average molecular weight is 820 g/mol. The molecule has 2 bridgehead atoms. The Morgan fingerprint density at radius 1 is 0.633 bits per heavy atom. The van der Waals surface area contributed by atoms with E-state index in [2.05, 4.69) is 68.9 Å². The Hall–Kier alpha value is -5.70. The summed E-state index contributed by atoms with van der Waals surface area (Å²) in [5.41, 5.74) is 9.00. The fourth-order valence-electron chi connectivity index (χ4n) is 9.99. The molecule has 0 saturated carbocycles. The van der Waals surface area contributed by atoms with E-state index >= 15 is 0 Å². The van der Waals surface area contributed by atoms with E-state index in [1.165, 1.54) is 30.9 Å². The van der Waals surface area contributed by atoms with Crippen molar-refractivity contribution in [2.24, 2.45) is 11.8 Å². The number of ether oxygens (including phenoxy) is 2. The van der Waals surface area contributed by atoms with Crippen LogP contribution in [0, 0.1) is 11.8 Å². The number of benzene rings is 2. The van der Waals surface area contributed by atoms with Crippen molar-refractivity contribution in [3.8, 4) is 33.6 Å². The van der Waals surface area contributed by atoms with E-state index in [-0.39, 0.29) is 35.7 Å². The number of imidazole rings is 2. The predicted molar refractivity (Wildman–Crippen MR) is 225 cm³/mol. The Morgan fingerprint density at radius 3 is 1.58 bits per heavy atom. The fourth-order valence-corrected chi connectivity index (χ4v) is 9.99. The van der Waals surface area contributed by atoms with Crippen LogP contribution in [0.2, 0.25) is 0 Å². The minimum atomic E-state index is -0.692. The number of hydrogen-bond acceptors (Lipinski definition) is 9. The lowest BCUT2D eigenvalue weighted by Gasteiger charge is -2.30. The van der Waals surface area contributed by atoms with Crippen LogP contribution in [0.3, 0.4) is 0 Å². The summed E-state index contributed by atoms with van der Waals surface area (Å²) >= 11 is 0. The molecule has 60 heavy (non-hydrogen) atoms. The molecular weight excluding hydrogens is 763 g/mol. The van der Waals surface area contributed by atoms with E-state index in [4.69, 9.17) is 19.4 Å². The SMILES string of the molecule is COC(=O)N[C@H](C(=O)N1CCC[C@@H]1c1ncc(-c2ccc(-c3ccc(-c4cnc([C@@H]5CCCN5C(=O)[C@H](NC(=O)OC)C(C)C)[nH]4)cc3)c3c2C2CCC3N2C)[nH]1)C(C)C. The quantitative estimate of drug-likeness (QED) is 0.124. The molecular formula is C45H57N9O6. The predicted octanol–water partition coefficient (Wildman–Crippen LogP) is 7.04. The van der Waals surface area contributed by atoms with Gasteiger partial charge in [0.05, 0.1) is 50.1 Å². The third-order valence-electron chi connectivity index (χ3n) is 13.1. The molecule has 2 aromatic carbocycles. The van der Waals surface area contributed by atoms with Crippen molar-refractivity contribution in [3.05, 3.63) is 71.6 Å². The van der Waals surface area contributed by atoms with Gasteiger partial charge in [-0.15, -0.1) is 0 Å². The molecule has 4 amide bonds. The molecule has 4 N–H and O–H groups in total. The Morgan fingerprint density at radius 2 is 1.08 bits per heavy atom. The highest BCUT2D eigenvalue weighted by Crippen LogP contribution is 2.57. The van der Waals surface area contributed by atoms with Gasteiger partial charge < -0.3 is 39.9 Å². The lowest BCUT2D eigenvalue weighted by atomic mass is 9.82. The Kier molecular flexibility index (Phi) is 11.5. The third kappa shape index (κ3) is 7.41. The minimum absolute atomic E-state index is 0.107. The zero-order chi connectivity index (χ0) is 42.4. The summed E-state index contributed by atoms with van der Waals surface area (Å²) in [4.78, 5) is 74.5. The lowest BCUT2D eigenvalue weighted by Crippen LogP contribution is -2.51. The number of likely N-dealkylation sites (tertiary alicyclic amines) is 2. The number of methoxy groups -OCH3 is 2. The van der Waals surface area contributed by atoms with Gasteiger partial charge in [0, 0.05) is 30.7 Å². The molecule has 0 aliphatic carbocycles. The van der Waals surface area contributed by atoms with Crippen LogP contribution in [0.25, 0.3) is 33.6 Å². The summed E-state index contributed by atoms with van der Waals surface area (Å²) in [5, 5.41) is 5.45. The first-order valence-electron chi connectivity index (χ1n) is 21.3. The molecule has 2 aromatic heterocycles. The molecule has 0 spiro atoms. The zero-order valence-corrected chi connectivity index (χ0v) is 35.6. The number of aromatic nitrogens is 4. The summed E-state index contributed by atoms with van der Waals surface area (Å²) in [6, 6.07) is 11.8. The summed E-state index contributed by atoms with van der Waals surface area (Å²) < 4.78 is 9.60. The van der Waals surface area contributed by atoms with Gasteiger partial charge >= 0.3 is 12.2 Å². The first-order valence-corrected chi connectivity index (χ1v) is 21.3. The molecule has 4 aliphatic heterocycles. The molecule has 6 heterocycles. The lowest BCUT2D eigenvalue weighted by molar-refractivity contribution is -0.136. The minimum Gasteiger partial charge on any atom is -0.453 e. The Bertz CT molecular complexity index is 2250. The van der Waals surface area contributed by atoms with E-state index in [0.717, 1.165) is 78.3 Å². The number of alkyl carbamates (subject to hydrolysis) is 2. The number of aromatic amines is 2. The third-order valence-corrected chi connectivity index (χ3v) is 13.1. The number of H-pyrrole nitrogens is 2. The number of nitrogens with one attached hydrogen (secondary N) is 4. The van der Waals surface area contributed by atoms with Gasteiger partial charge in [-0.2, -0.15) is 0 Å². The molecule has 3 fully saturated rings. The number of hydrogen-bond donors (Lipinski definition) is 4. The molecule has 8 rings (SSSR count). The van der Waals surface area contributed by atoms with Gasteiger partial charge in [-0.25, -0.2) is 19.6 Å². The summed E-state index contributed by atoms with van der Waals surface area (Å²) in [6.45, 7) is 8.85. The fraction of sp³-hybridized carbons (Fsp3) is 0.511. The molecule has 15 nitrogen and oxygen atoms in total. The van der Waals surface area contributed by atoms with Crippen molar-refractivity contribution in [2.45, 2.75) is 102 Å². The number of nitrogens with zero attached hydrogens (tertiary/aromatic N) is 5. The maximum Gasteiger partial charge on any atom is 0.407 e. The monoisotopic (exact) mass is 819 g/mol. The number of amides is 4. The van der Waals surface area contributed by atoms with Crippen LogP contribution in [-0.4, -0.2) is 105 Å². The van der Waals surface area contributed by atoms with E-state index in [1.807, 2.05) is 49.9 Å². The van der Waals surface area contributed by atoms with E-state index in [9.17, 15) is 19.2 Å². The second kappa shape index (κ2) is 16.7. The van der Waals surface area contributed by atoms with Crippen molar-refractivity contribution in [2.75, 3.05) is 34.4 Å². The topological polar surface area (TPSA) is 178 Å². The Labute approximate surface area is 351 Å². The molecule has 4 aliphatic rings. The summed E-state index contributed by atoms with van der Waals surface area (Å²) in [5.74, 6) is 1.01. The van der Waals surface area contributed by atoms with Crippen LogP contribution in [0.1, 0.15) is 113 Å². The van der Waals surface area contributed by atoms with Crippen LogP contribution in [0.15, 0.2) is 48.8 Å². The zero-order valence-electron chi connectivity index (χ0n) is 35.6. The van der Waals surface area contributed by atoms with Gasteiger partial charge in [-0.1, -0.05) is 64.1 Å². The van der Waals surface area contributed by atoms with E-state index in [0.29, 0.717) is 25.2 Å². The maximum absolute atomic E-state index is 13.8. The van der Waals surface area contributed by atoms with Gasteiger partial charge in [0.15, 0.2) is 0 Å². The number of rotatable bonds is 11. The molecule has 3 saturated heterocycles. The average Bonchev–Trinajstić information content (AvgIpc) is 4.12. The molecule has 15 heteroatoms. The standard InChI is InChI=1S/C45H57N9O6/c1-24(2)38(50-44(57)59-6)42(55)53-20-8-10-34(53)40-46-22-30(48-40)27-14-12-26(13-15-27)28-16-17-29(37-33-19-18-32(36(28)37)52(33)5)31-23-47-41(49-31)35-11-9-21-54(35)43(56)39(25(3)4)51-45(58)60-7/h12-17,22-25,32-35,38-39H,8-11,18-21H2,1-7H3,(H,46,48)(H,47,49)(H,50,57)(H,51,58)/t32?,33?,34-,35+,38+,39-/m0/s1. The second-order valence-corrected chi connectivity index (χ2v) is 17.3. The van der Waals surface area contributed by atoms with Crippen molar-refractivity contribution in [1.29, 1.82) is 0 Å². The molecule has 4 aromatic rings. The van der Waals surface area contributed by atoms with Gasteiger partial charge in [-0.3, -0.25) is 14.5 Å². The first kappa shape index (κ1) is 41.1. The highest BCUT2D eigenvalue weighted by molar-refractivity contribution is 5.87. The molecule has 318 valence electrons. The van der Waals surface area contributed by atoms with Crippen LogP contribution < -0.4 is 10.6 Å². The van der Waals surface area contributed by atoms with Crippen molar-refractivity contribution in [3.63, 3.8) is 0 Å². The van der Waals surface area contributed by atoms with Crippen molar-refractivity contribution in [1.82, 2.24) is 45.3 Å². The normalized spacial score (nSPS) is 22.0.